The summed E-state index contributed by atoms with van der Waals surface area (Å²) < 4.78 is 4.66. The highest BCUT2D eigenvalue weighted by Crippen LogP contribution is 2.32. The number of carbonyl (C=O) groups is 2. The fourth-order valence-corrected chi connectivity index (χ4v) is 2.81. The highest BCUT2D eigenvalue weighted by Gasteiger charge is 2.39. The van der Waals surface area contributed by atoms with Crippen LogP contribution in [-0.4, -0.2) is 35.0 Å². The maximum Gasteiger partial charge on any atom is 0.273 e. The third-order valence-electron chi connectivity index (χ3n) is 3.78. The molecule has 1 aromatic heterocycles. The van der Waals surface area contributed by atoms with Gasteiger partial charge in [-0.25, -0.2) is 0 Å². The summed E-state index contributed by atoms with van der Waals surface area (Å²) >= 11 is 5.90. The van der Waals surface area contributed by atoms with Crippen LogP contribution < -0.4 is 5.32 Å². The summed E-state index contributed by atoms with van der Waals surface area (Å²) in [7, 11) is 1.73. The standard InChI is InChI=1S/C15H14ClN3O3/c1-19-13(20)8-12(17-15(21)11-6-7-22-18-11)14(19)9-2-4-10(16)5-3-9/h2-7,12,14H,8H2,1H3,(H,17,21)/t12-,14-/m0/s1. The third kappa shape index (κ3) is 2.69. The van der Waals surface area contributed by atoms with E-state index >= 15 is 0 Å². The second-order valence-electron chi connectivity index (χ2n) is 5.17. The molecule has 3 rings (SSSR count). The van der Waals surface area contributed by atoms with Crippen LogP contribution in [0.1, 0.15) is 28.5 Å². The molecule has 2 amide bonds. The molecule has 1 fully saturated rings. The van der Waals surface area contributed by atoms with Crippen molar-refractivity contribution in [1.82, 2.24) is 15.4 Å². The van der Waals surface area contributed by atoms with Crippen molar-refractivity contribution in [3.63, 3.8) is 0 Å². The molecule has 6 nitrogen and oxygen atoms in total. The summed E-state index contributed by atoms with van der Waals surface area (Å²) in [6.07, 6.45) is 1.57. The van der Waals surface area contributed by atoms with Crippen molar-refractivity contribution >= 4 is 23.4 Å². The molecule has 0 unspecified atom stereocenters. The van der Waals surface area contributed by atoms with Gasteiger partial charge >= 0.3 is 0 Å². The van der Waals surface area contributed by atoms with Gasteiger partial charge in [0, 0.05) is 24.6 Å². The third-order valence-corrected chi connectivity index (χ3v) is 4.04. The van der Waals surface area contributed by atoms with Crippen LogP contribution in [0.5, 0.6) is 0 Å². The molecule has 22 heavy (non-hydrogen) atoms. The molecular weight excluding hydrogens is 306 g/mol. The zero-order valence-corrected chi connectivity index (χ0v) is 12.6. The highest BCUT2D eigenvalue weighted by atomic mass is 35.5. The maximum atomic E-state index is 12.1. The number of carbonyl (C=O) groups excluding carboxylic acids is 2. The molecular formula is C15H14ClN3O3. The van der Waals surface area contributed by atoms with Crippen molar-refractivity contribution in [2.45, 2.75) is 18.5 Å². The Morgan fingerprint density at radius 3 is 2.73 bits per heavy atom. The molecule has 1 N–H and O–H groups in total. The molecule has 1 saturated heterocycles. The first-order valence-corrected chi connectivity index (χ1v) is 7.16. The normalized spacial score (nSPS) is 21.2. The Hall–Kier alpha value is -2.34. The number of aromatic nitrogens is 1. The van der Waals surface area contributed by atoms with Gasteiger partial charge in [0.15, 0.2) is 5.69 Å². The average Bonchev–Trinajstić information content (AvgIpc) is 3.11. The van der Waals surface area contributed by atoms with Crippen LogP contribution in [0.15, 0.2) is 41.1 Å². The van der Waals surface area contributed by atoms with E-state index < -0.39 is 0 Å². The summed E-state index contributed by atoms with van der Waals surface area (Å²) in [4.78, 5) is 25.8. The smallest absolute Gasteiger partial charge is 0.273 e. The summed E-state index contributed by atoms with van der Waals surface area (Å²) in [5.74, 6) is -0.383. The lowest BCUT2D eigenvalue weighted by Crippen LogP contribution is -2.39. The van der Waals surface area contributed by atoms with E-state index in [0.29, 0.717) is 5.02 Å². The average molecular weight is 320 g/mol. The second kappa shape index (κ2) is 5.81. The lowest BCUT2D eigenvalue weighted by molar-refractivity contribution is -0.127. The van der Waals surface area contributed by atoms with Gasteiger partial charge in [-0.1, -0.05) is 28.9 Å². The van der Waals surface area contributed by atoms with Crippen molar-refractivity contribution < 1.29 is 14.1 Å². The first-order valence-electron chi connectivity index (χ1n) is 6.78. The van der Waals surface area contributed by atoms with Crippen LogP contribution in [-0.2, 0) is 4.79 Å². The Morgan fingerprint density at radius 2 is 2.09 bits per heavy atom. The van der Waals surface area contributed by atoms with Gasteiger partial charge in [0.05, 0.1) is 12.1 Å². The van der Waals surface area contributed by atoms with E-state index in [1.165, 1.54) is 12.3 Å². The van der Waals surface area contributed by atoms with Crippen LogP contribution in [0.3, 0.4) is 0 Å². The van der Waals surface area contributed by atoms with Crippen LogP contribution >= 0.6 is 11.6 Å². The number of rotatable bonds is 3. The zero-order valence-electron chi connectivity index (χ0n) is 11.8. The molecule has 7 heteroatoms. The Bertz CT molecular complexity index is 685. The van der Waals surface area contributed by atoms with Crippen molar-refractivity contribution in [2.24, 2.45) is 0 Å². The number of benzene rings is 1. The maximum absolute atomic E-state index is 12.1. The Balaban J connectivity index is 1.83. The number of nitrogens with zero attached hydrogens (tertiary/aromatic N) is 2. The Morgan fingerprint density at radius 1 is 1.36 bits per heavy atom. The van der Waals surface area contributed by atoms with Crippen LogP contribution in [0.2, 0.25) is 5.02 Å². The molecule has 0 radical (unpaired) electrons. The van der Waals surface area contributed by atoms with Gasteiger partial charge in [0.1, 0.15) is 6.26 Å². The van der Waals surface area contributed by atoms with E-state index in [9.17, 15) is 9.59 Å². The summed E-state index contributed by atoms with van der Waals surface area (Å²) in [6, 6.07) is 8.17. The Kier molecular flexibility index (Phi) is 3.85. The lowest BCUT2D eigenvalue weighted by Gasteiger charge is -2.25. The number of likely N-dealkylation sites (N-methyl/N-ethyl adjacent to an activating group) is 1. The number of hydrogen-bond acceptors (Lipinski definition) is 4. The first-order chi connectivity index (χ1) is 10.6. The number of nitrogens with one attached hydrogen (secondary N) is 1. The van der Waals surface area contributed by atoms with Crippen molar-refractivity contribution in [3.8, 4) is 0 Å². The predicted octanol–water partition coefficient (Wildman–Crippen LogP) is 2.03. The van der Waals surface area contributed by atoms with E-state index in [1.807, 2.05) is 12.1 Å². The molecule has 114 valence electrons. The minimum atomic E-state index is -0.360. The van der Waals surface area contributed by atoms with E-state index in [0.717, 1.165) is 5.56 Å². The van der Waals surface area contributed by atoms with Gasteiger partial charge < -0.3 is 14.7 Å². The number of amides is 2. The van der Waals surface area contributed by atoms with Crippen molar-refractivity contribution in [2.75, 3.05) is 7.05 Å². The van der Waals surface area contributed by atoms with Gasteiger partial charge in [-0.15, -0.1) is 0 Å². The lowest BCUT2D eigenvalue weighted by atomic mass is 10.00. The fraction of sp³-hybridized carbons (Fsp3) is 0.267. The van der Waals surface area contributed by atoms with Crippen molar-refractivity contribution in [3.05, 3.63) is 52.9 Å². The van der Waals surface area contributed by atoms with Crippen LogP contribution in [0, 0.1) is 0 Å². The topological polar surface area (TPSA) is 75.4 Å². The van der Waals surface area contributed by atoms with E-state index in [-0.39, 0.29) is 36.0 Å². The monoisotopic (exact) mass is 319 g/mol. The Labute approximate surface area is 132 Å². The molecule has 0 bridgehead atoms. The van der Waals surface area contributed by atoms with Gasteiger partial charge in [0.25, 0.3) is 5.91 Å². The largest absolute Gasteiger partial charge is 0.364 e. The summed E-state index contributed by atoms with van der Waals surface area (Å²) in [5.41, 5.74) is 1.11. The highest BCUT2D eigenvalue weighted by molar-refractivity contribution is 6.30. The van der Waals surface area contributed by atoms with Gasteiger partial charge in [0.2, 0.25) is 5.91 Å². The van der Waals surface area contributed by atoms with Crippen LogP contribution in [0.4, 0.5) is 0 Å². The molecule has 0 saturated carbocycles. The molecule has 1 aliphatic rings. The van der Waals surface area contributed by atoms with E-state index in [4.69, 9.17) is 11.6 Å². The fourth-order valence-electron chi connectivity index (χ4n) is 2.69. The number of halogens is 1. The van der Waals surface area contributed by atoms with E-state index in [2.05, 4.69) is 15.0 Å². The first kappa shape index (κ1) is 14.6. The summed E-state index contributed by atoms with van der Waals surface area (Å²) in [6.45, 7) is 0. The zero-order chi connectivity index (χ0) is 15.7. The predicted molar refractivity (Wildman–Crippen MR) is 79.3 cm³/mol. The quantitative estimate of drug-likeness (QED) is 0.939. The molecule has 0 aliphatic carbocycles. The van der Waals surface area contributed by atoms with Gasteiger partial charge in [-0.05, 0) is 17.7 Å². The molecule has 2 atom stereocenters. The molecule has 2 heterocycles. The van der Waals surface area contributed by atoms with Crippen molar-refractivity contribution in [1.29, 1.82) is 0 Å². The van der Waals surface area contributed by atoms with Gasteiger partial charge in [-0.2, -0.15) is 0 Å². The number of likely N-dealkylation sites (tertiary alicyclic amines) is 1. The minimum Gasteiger partial charge on any atom is -0.364 e. The minimum absolute atomic E-state index is 0.0228. The second-order valence-corrected chi connectivity index (χ2v) is 5.61. The van der Waals surface area contributed by atoms with Gasteiger partial charge in [-0.3, -0.25) is 9.59 Å². The summed E-state index contributed by atoms with van der Waals surface area (Å²) in [5, 5.41) is 7.07. The number of hydrogen-bond donors (Lipinski definition) is 1. The molecule has 1 aliphatic heterocycles. The SMILES string of the molecule is CN1C(=O)C[C@H](NC(=O)c2ccon2)[C@@H]1c1ccc(Cl)cc1. The van der Waals surface area contributed by atoms with Crippen LogP contribution in [0.25, 0.3) is 0 Å². The molecule has 2 aromatic rings. The molecule has 1 aromatic carbocycles. The molecule has 0 spiro atoms. The van der Waals surface area contributed by atoms with E-state index in [1.54, 1.807) is 24.1 Å².